The predicted octanol–water partition coefficient (Wildman–Crippen LogP) is 3.29. The Balaban J connectivity index is 1.43. The minimum Gasteiger partial charge on any atom is -0.497 e. The number of methoxy groups -OCH3 is 1. The van der Waals surface area contributed by atoms with E-state index in [0.717, 1.165) is 36.3 Å². The topological polar surface area (TPSA) is 73.9 Å². The molecule has 3 aromatic rings. The lowest BCUT2D eigenvalue weighted by atomic mass is 9.96. The van der Waals surface area contributed by atoms with Crippen LogP contribution in [0.15, 0.2) is 72.8 Å². The normalized spacial score (nSPS) is 13.9. The average Bonchev–Trinajstić information content (AvgIpc) is 2.92. The highest BCUT2D eigenvalue weighted by Crippen LogP contribution is 2.28. The summed E-state index contributed by atoms with van der Waals surface area (Å²) in [6.07, 6.45) is 0.956. The van der Waals surface area contributed by atoms with Crippen molar-refractivity contribution in [3.63, 3.8) is 0 Å². The highest BCUT2D eigenvalue weighted by atomic mass is 16.5. The van der Waals surface area contributed by atoms with Crippen molar-refractivity contribution in [1.29, 1.82) is 0 Å². The standard InChI is InChI=1S/C29H34N4O3/c1-32(2)25-13-11-23(12-14-25)27(33-16-15-22-8-4-5-9-24(22)20-33)19-31-29(35)28(34)30-18-21-7-6-10-26(17-21)36-3/h4-14,17,27H,15-16,18-20H2,1-3H3,(H,30,34)(H,31,35). The third-order valence-corrected chi connectivity index (χ3v) is 6.64. The molecule has 3 aromatic carbocycles. The number of benzene rings is 3. The number of amides is 2. The molecule has 1 unspecified atom stereocenters. The van der Waals surface area contributed by atoms with Crippen molar-refractivity contribution in [1.82, 2.24) is 15.5 Å². The lowest BCUT2D eigenvalue weighted by Crippen LogP contribution is -2.45. The van der Waals surface area contributed by atoms with E-state index in [1.54, 1.807) is 7.11 Å². The van der Waals surface area contributed by atoms with Crippen molar-refractivity contribution in [2.75, 3.05) is 39.2 Å². The molecule has 0 spiro atoms. The van der Waals surface area contributed by atoms with Gasteiger partial charge in [-0.2, -0.15) is 0 Å². The number of rotatable bonds is 8. The van der Waals surface area contributed by atoms with Crippen molar-refractivity contribution < 1.29 is 14.3 Å². The van der Waals surface area contributed by atoms with Crippen LogP contribution in [0.4, 0.5) is 5.69 Å². The summed E-state index contributed by atoms with van der Waals surface area (Å²) in [5.41, 5.74) is 5.76. The highest BCUT2D eigenvalue weighted by Gasteiger charge is 2.26. The number of nitrogens with one attached hydrogen (secondary N) is 2. The molecular formula is C29H34N4O3. The molecule has 0 bridgehead atoms. The van der Waals surface area contributed by atoms with E-state index in [-0.39, 0.29) is 12.6 Å². The number of hydrogen-bond donors (Lipinski definition) is 2. The Labute approximate surface area is 213 Å². The summed E-state index contributed by atoms with van der Waals surface area (Å²) in [7, 11) is 5.62. The van der Waals surface area contributed by atoms with Crippen LogP contribution in [0, 0.1) is 0 Å². The van der Waals surface area contributed by atoms with E-state index in [0.29, 0.717) is 12.3 Å². The molecule has 0 fully saturated rings. The first kappa shape index (κ1) is 25.3. The molecule has 0 saturated heterocycles. The van der Waals surface area contributed by atoms with Crippen LogP contribution in [0.3, 0.4) is 0 Å². The molecule has 2 N–H and O–H groups in total. The molecule has 188 valence electrons. The van der Waals surface area contributed by atoms with Gasteiger partial charge in [0.05, 0.1) is 13.2 Å². The number of ether oxygens (including phenoxy) is 1. The maximum Gasteiger partial charge on any atom is 0.309 e. The zero-order chi connectivity index (χ0) is 25.5. The molecule has 2 amide bonds. The number of hydrogen-bond acceptors (Lipinski definition) is 5. The molecule has 1 aliphatic heterocycles. The number of carbonyl (C=O) groups excluding carboxylic acids is 2. The third kappa shape index (κ3) is 6.23. The summed E-state index contributed by atoms with van der Waals surface area (Å²) < 4.78 is 5.22. The van der Waals surface area contributed by atoms with Gasteiger partial charge in [0.15, 0.2) is 0 Å². The zero-order valence-electron chi connectivity index (χ0n) is 21.2. The average molecular weight is 487 g/mol. The maximum absolute atomic E-state index is 12.7. The first-order valence-electron chi connectivity index (χ1n) is 12.2. The highest BCUT2D eigenvalue weighted by molar-refractivity contribution is 6.35. The van der Waals surface area contributed by atoms with Crippen LogP contribution in [0.2, 0.25) is 0 Å². The summed E-state index contributed by atoms with van der Waals surface area (Å²) >= 11 is 0. The van der Waals surface area contributed by atoms with Crippen LogP contribution in [-0.2, 0) is 29.1 Å². The molecule has 0 saturated carbocycles. The van der Waals surface area contributed by atoms with E-state index in [1.807, 2.05) is 38.4 Å². The van der Waals surface area contributed by atoms with E-state index >= 15 is 0 Å². The first-order chi connectivity index (χ1) is 17.4. The Morgan fingerprint density at radius 2 is 1.67 bits per heavy atom. The van der Waals surface area contributed by atoms with Crippen molar-refractivity contribution in [3.05, 3.63) is 95.1 Å². The second-order valence-corrected chi connectivity index (χ2v) is 9.24. The van der Waals surface area contributed by atoms with Crippen molar-refractivity contribution in [3.8, 4) is 5.75 Å². The molecule has 1 aliphatic rings. The summed E-state index contributed by atoms with van der Waals surface area (Å²) in [6.45, 7) is 2.28. The minimum absolute atomic E-state index is 0.0512. The van der Waals surface area contributed by atoms with Gasteiger partial charge in [-0.1, -0.05) is 48.5 Å². The molecule has 0 aromatic heterocycles. The lowest BCUT2D eigenvalue weighted by molar-refractivity contribution is -0.139. The maximum atomic E-state index is 12.7. The fourth-order valence-corrected chi connectivity index (χ4v) is 4.55. The van der Waals surface area contributed by atoms with Crippen LogP contribution in [-0.4, -0.2) is 51.0 Å². The number of anilines is 1. The molecule has 1 atom stereocenters. The summed E-state index contributed by atoms with van der Waals surface area (Å²) in [4.78, 5) is 29.6. The molecule has 0 aliphatic carbocycles. The molecule has 0 radical (unpaired) electrons. The Hall–Kier alpha value is -3.84. The molecule has 7 nitrogen and oxygen atoms in total. The van der Waals surface area contributed by atoms with Crippen molar-refractivity contribution >= 4 is 17.5 Å². The second-order valence-electron chi connectivity index (χ2n) is 9.24. The molecular weight excluding hydrogens is 452 g/mol. The predicted molar refractivity (Wildman–Crippen MR) is 142 cm³/mol. The first-order valence-corrected chi connectivity index (χ1v) is 12.2. The van der Waals surface area contributed by atoms with Crippen LogP contribution in [0.25, 0.3) is 0 Å². The van der Waals surface area contributed by atoms with E-state index in [1.165, 1.54) is 11.1 Å². The molecule has 36 heavy (non-hydrogen) atoms. The van der Waals surface area contributed by atoms with Crippen LogP contribution in [0.1, 0.15) is 28.3 Å². The van der Waals surface area contributed by atoms with Gasteiger partial charge >= 0.3 is 11.8 Å². The van der Waals surface area contributed by atoms with Crippen LogP contribution in [0.5, 0.6) is 5.75 Å². The van der Waals surface area contributed by atoms with E-state index in [4.69, 9.17) is 4.74 Å². The number of nitrogens with zero attached hydrogens (tertiary/aromatic N) is 2. The Morgan fingerprint density at radius 1 is 0.944 bits per heavy atom. The lowest BCUT2D eigenvalue weighted by Gasteiger charge is -2.36. The van der Waals surface area contributed by atoms with Gasteiger partial charge in [-0.25, -0.2) is 0 Å². The van der Waals surface area contributed by atoms with Gasteiger partial charge in [0.2, 0.25) is 0 Å². The third-order valence-electron chi connectivity index (χ3n) is 6.64. The molecule has 1 heterocycles. The minimum atomic E-state index is -0.650. The Bertz CT molecular complexity index is 1190. The summed E-state index contributed by atoms with van der Waals surface area (Å²) in [6, 6.07) is 24.2. The van der Waals surface area contributed by atoms with Gasteiger partial charge in [0.1, 0.15) is 5.75 Å². The smallest absolute Gasteiger partial charge is 0.309 e. The largest absolute Gasteiger partial charge is 0.497 e. The fraction of sp³-hybridized carbons (Fsp3) is 0.310. The number of carbonyl (C=O) groups is 2. The van der Waals surface area contributed by atoms with Crippen molar-refractivity contribution in [2.24, 2.45) is 0 Å². The van der Waals surface area contributed by atoms with Crippen molar-refractivity contribution in [2.45, 2.75) is 25.6 Å². The quantitative estimate of drug-likeness (QED) is 0.478. The molecule has 7 heteroatoms. The van der Waals surface area contributed by atoms with Gasteiger partial charge in [0.25, 0.3) is 0 Å². The molecule has 4 rings (SSSR count). The second kappa shape index (κ2) is 11.7. The van der Waals surface area contributed by atoms with E-state index < -0.39 is 11.8 Å². The van der Waals surface area contributed by atoms with E-state index in [2.05, 4.69) is 69.0 Å². The SMILES string of the molecule is COc1cccc(CNC(=O)C(=O)NCC(c2ccc(N(C)C)cc2)N2CCc3ccccc3C2)c1. The Kier molecular flexibility index (Phi) is 8.23. The summed E-state index contributed by atoms with van der Waals surface area (Å²) in [5, 5.41) is 5.57. The van der Waals surface area contributed by atoms with Gasteiger partial charge in [-0.15, -0.1) is 0 Å². The van der Waals surface area contributed by atoms with Crippen LogP contribution < -0.4 is 20.3 Å². The van der Waals surface area contributed by atoms with Gasteiger partial charge in [0, 0.05) is 46.0 Å². The van der Waals surface area contributed by atoms with Gasteiger partial charge < -0.3 is 20.3 Å². The fourth-order valence-electron chi connectivity index (χ4n) is 4.55. The number of fused-ring (bicyclic) bond motifs is 1. The summed E-state index contributed by atoms with van der Waals surface area (Å²) in [5.74, 6) is -0.578. The Morgan fingerprint density at radius 3 is 2.39 bits per heavy atom. The van der Waals surface area contributed by atoms with Gasteiger partial charge in [-0.05, 0) is 52.9 Å². The van der Waals surface area contributed by atoms with Gasteiger partial charge in [-0.3, -0.25) is 14.5 Å². The zero-order valence-corrected chi connectivity index (χ0v) is 21.2. The van der Waals surface area contributed by atoms with E-state index in [9.17, 15) is 9.59 Å². The monoisotopic (exact) mass is 486 g/mol. The van der Waals surface area contributed by atoms with Crippen LogP contribution >= 0.6 is 0 Å².